The second-order valence-corrected chi connectivity index (χ2v) is 14.3. The third kappa shape index (κ3) is 5.34. The SMILES string of the molecule is CC(C)c1cc(C2CCC(c3ccccc3)CC2)cc(C(C)C)c1-n1c(-c2ccc3c(ccc4ccccc43)c2)nc2ccccc21. The second kappa shape index (κ2) is 12.2. The molecule has 234 valence electrons. The summed E-state index contributed by atoms with van der Waals surface area (Å²) in [6.45, 7) is 9.44. The molecule has 8 rings (SSSR count). The molecule has 0 spiro atoms. The molecule has 1 heterocycles. The van der Waals surface area contributed by atoms with Crippen molar-refractivity contribution in [3.63, 3.8) is 0 Å². The number of aromatic nitrogens is 2. The van der Waals surface area contributed by atoms with Gasteiger partial charge in [-0.3, -0.25) is 4.57 Å². The van der Waals surface area contributed by atoms with Gasteiger partial charge in [0.15, 0.2) is 0 Å². The summed E-state index contributed by atoms with van der Waals surface area (Å²) in [5.74, 6) is 3.05. The molecule has 2 nitrogen and oxygen atoms in total. The molecule has 7 aromatic rings. The van der Waals surface area contributed by atoms with E-state index < -0.39 is 0 Å². The van der Waals surface area contributed by atoms with Crippen LogP contribution in [0.1, 0.15) is 99.3 Å². The van der Waals surface area contributed by atoms with Gasteiger partial charge in [0.05, 0.1) is 16.7 Å². The van der Waals surface area contributed by atoms with Gasteiger partial charge in [-0.1, -0.05) is 131 Å². The van der Waals surface area contributed by atoms with Crippen LogP contribution in [0.25, 0.3) is 49.7 Å². The zero-order valence-electron chi connectivity index (χ0n) is 28.1. The molecular formula is C45H44N2. The van der Waals surface area contributed by atoms with E-state index in [4.69, 9.17) is 4.98 Å². The van der Waals surface area contributed by atoms with Crippen LogP contribution in [0.2, 0.25) is 0 Å². The highest BCUT2D eigenvalue weighted by Crippen LogP contribution is 2.44. The summed E-state index contributed by atoms with van der Waals surface area (Å²) in [6, 6.07) is 45.0. The predicted molar refractivity (Wildman–Crippen MR) is 200 cm³/mol. The molecule has 1 fully saturated rings. The highest BCUT2D eigenvalue weighted by atomic mass is 15.1. The number of imidazole rings is 1. The number of rotatable bonds is 6. The first-order valence-corrected chi connectivity index (χ1v) is 17.6. The molecule has 0 bridgehead atoms. The molecular weight excluding hydrogens is 569 g/mol. The Morgan fingerprint density at radius 3 is 1.87 bits per heavy atom. The quantitative estimate of drug-likeness (QED) is 0.171. The number of benzene rings is 6. The minimum Gasteiger partial charge on any atom is -0.292 e. The Hall–Kier alpha value is -4.69. The molecule has 1 aliphatic carbocycles. The molecule has 1 saturated carbocycles. The van der Waals surface area contributed by atoms with E-state index in [0.29, 0.717) is 23.7 Å². The van der Waals surface area contributed by atoms with E-state index in [9.17, 15) is 0 Å². The molecule has 2 heteroatoms. The van der Waals surface area contributed by atoms with Gasteiger partial charge in [0.1, 0.15) is 5.82 Å². The Kier molecular flexibility index (Phi) is 7.68. The monoisotopic (exact) mass is 612 g/mol. The van der Waals surface area contributed by atoms with Crippen LogP contribution in [0.15, 0.2) is 121 Å². The van der Waals surface area contributed by atoms with E-state index in [1.54, 1.807) is 0 Å². The van der Waals surface area contributed by atoms with E-state index in [-0.39, 0.29) is 0 Å². The summed E-state index contributed by atoms with van der Waals surface area (Å²) >= 11 is 0. The van der Waals surface area contributed by atoms with Gasteiger partial charge in [-0.15, -0.1) is 0 Å². The maximum Gasteiger partial charge on any atom is 0.145 e. The fourth-order valence-corrected chi connectivity index (χ4v) is 8.16. The largest absolute Gasteiger partial charge is 0.292 e. The molecule has 6 aromatic carbocycles. The zero-order chi connectivity index (χ0) is 32.1. The lowest BCUT2D eigenvalue weighted by Crippen LogP contribution is -2.15. The van der Waals surface area contributed by atoms with E-state index in [1.165, 1.54) is 80.7 Å². The predicted octanol–water partition coefficient (Wildman–Crippen LogP) is 12.7. The first kappa shape index (κ1) is 29.7. The lowest BCUT2D eigenvalue weighted by atomic mass is 9.75. The van der Waals surface area contributed by atoms with Crippen LogP contribution in [0, 0.1) is 0 Å². The van der Waals surface area contributed by atoms with Crippen molar-refractivity contribution in [2.75, 3.05) is 0 Å². The van der Waals surface area contributed by atoms with Crippen molar-refractivity contribution >= 4 is 32.6 Å². The van der Waals surface area contributed by atoms with Gasteiger partial charge in [0.25, 0.3) is 0 Å². The minimum absolute atomic E-state index is 0.375. The Morgan fingerprint density at radius 2 is 1.15 bits per heavy atom. The molecule has 0 aliphatic heterocycles. The van der Waals surface area contributed by atoms with Crippen molar-refractivity contribution in [3.05, 3.63) is 144 Å². The average molecular weight is 613 g/mol. The Bertz CT molecular complexity index is 2180. The lowest BCUT2D eigenvalue weighted by molar-refractivity contribution is 0.396. The fraction of sp³-hybridized carbons (Fsp3) is 0.267. The number of para-hydroxylation sites is 2. The van der Waals surface area contributed by atoms with Crippen molar-refractivity contribution in [1.82, 2.24) is 9.55 Å². The van der Waals surface area contributed by atoms with Crippen LogP contribution in [0.3, 0.4) is 0 Å². The molecule has 0 amide bonds. The summed E-state index contributed by atoms with van der Waals surface area (Å²) in [6.07, 6.45) is 5.02. The van der Waals surface area contributed by atoms with Crippen molar-refractivity contribution in [2.24, 2.45) is 0 Å². The lowest BCUT2D eigenvalue weighted by Gasteiger charge is -2.31. The summed E-state index contributed by atoms with van der Waals surface area (Å²) < 4.78 is 2.48. The minimum atomic E-state index is 0.375. The van der Waals surface area contributed by atoms with Crippen molar-refractivity contribution in [3.8, 4) is 17.1 Å². The summed E-state index contributed by atoms with van der Waals surface area (Å²) in [4.78, 5) is 5.34. The van der Waals surface area contributed by atoms with E-state index >= 15 is 0 Å². The van der Waals surface area contributed by atoms with Crippen LogP contribution in [-0.4, -0.2) is 9.55 Å². The summed E-state index contributed by atoms with van der Waals surface area (Å²) in [5.41, 5.74) is 10.6. The maximum absolute atomic E-state index is 5.34. The zero-order valence-corrected chi connectivity index (χ0v) is 28.1. The maximum atomic E-state index is 5.34. The third-order valence-electron chi connectivity index (χ3n) is 10.7. The van der Waals surface area contributed by atoms with Gasteiger partial charge in [0.2, 0.25) is 0 Å². The Morgan fingerprint density at radius 1 is 0.553 bits per heavy atom. The van der Waals surface area contributed by atoms with Gasteiger partial charge in [-0.2, -0.15) is 0 Å². The molecule has 1 aromatic heterocycles. The van der Waals surface area contributed by atoms with Crippen molar-refractivity contribution < 1.29 is 0 Å². The van der Waals surface area contributed by atoms with Crippen LogP contribution >= 0.6 is 0 Å². The number of nitrogens with zero attached hydrogens (tertiary/aromatic N) is 2. The van der Waals surface area contributed by atoms with Gasteiger partial charge in [-0.25, -0.2) is 4.98 Å². The highest BCUT2D eigenvalue weighted by Gasteiger charge is 2.28. The molecule has 1 aliphatic rings. The molecule has 0 atom stereocenters. The standard InChI is InChI=1S/C45H44N2/c1-29(2)40-27-37(33-20-18-32(19-21-33)31-12-6-5-7-13-31)28-41(30(3)4)44(40)47-43-17-11-10-16-42(43)46-45(47)36-24-25-39-35(26-36)23-22-34-14-8-9-15-38(34)39/h5-17,22-30,32-33H,18-21H2,1-4H3. The third-order valence-corrected chi connectivity index (χ3v) is 10.7. The van der Waals surface area contributed by atoms with Crippen LogP contribution in [0.5, 0.6) is 0 Å². The van der Waals surface area contributed by atoms with E-state index in [1.807, 2.05) is 0 Å². The van der Waals surface area contributed by atoms with Crippen molar-refractivity contribution in [1.29, 1.82) is 0 Å². The number of fused-ring (bicyclic) bond motifs is 4. The van der Waals surface area contributed by atoms with E-state index in [0.717, 1.165) is 16.9 Å². The first-order chi connectivity index (χ1) is 23.0. The normalized spacial score (nSPS) is 17.0. The van der Waals surface area contributed by atoms with Gasteiger partial charge < -0.3 is 0 Å². The molecule has 0 N–H and O–H groups in total. The Labute approximate surface area is 279 Å². The van der Waals surface area contributed by atoms with Crippen LogP contribution in [-0.2, 0) is 0 Å². The van der Waals surface area contributed by atoms with E-state index in [2.05, 4.69) is 154 Å². The topological polar surface area (TPSA) is 17.8 Å². The fourth-order valence-electron chi connectivity index (χ4n) is 8.16. The molecule has 0 unspecified atom stereocenters. The molecule has 0 radical (unpaired) electrons. The van der Waals surface area contributed by atoms with Crippen molar-refractivity contribution in [2.45, 2.75) is 77.0 Å². The average Bonchev–Trinajstić information content (AvgIpc) is 3.50. The van der Waals surface area contributed by atoms with Crippen LogP contribution in [0.4, 0.5) is 0 Å². The first-order valence-electron chi connectivity index (χ1n) is 17.6. The number of hydrogen-bond acceptors (Lipinski definition) is 1. The molecule has 0 saturated heterocycles. The number of hydrogen-bond donors (Lipinski definition) is 0. The molecule has 47 heavy (non-hydrogen) atoms. The summed E-state index contributed by atoms with van der Waals surface area (Å²) in [5, 5.41) is 5.10. The van der Waals surface area contributed by atoms with Crippen LogP contribution < -0.4 is 0 Å². The smallest absolute Gasteiger partial charge is 0.145 e. The Balaban J connectivity index is 1.27. The van der Waals surface area contributed by atoms with Gasteiger partial charge in [0, 0.05) is 5.56 Å². The second-order valence-electron chi connectivity index (χ2n) is 14.3. The van der Waals surface area contributed by atoms with Gasteiger partial charge in [-0.05, 0) is 111 Å². The van der Waals surface area contributed by atoms with Gasteiger partial charge >= 0.3 is 0 Å². The highest BCUT2D eigenvalue weighted by molar-refractivity contribution is 6.08. The summed E-state index contributed by atoms with van der Waals surface area (Å²) in [7, 11) is 0.